The van der Waals surface area contributed by atoms with Gasteiger partial charge < -0.3 is 5.11 Å². The monoisotopic (exact) mass is 328 g/mol. The molecule has 2 atom stereocenters. The minimum atomic E-state index is -4.35. The van der Waals surface area contributed by atoms with E-state index in [1.807, 2.05) is 4.90 Å². The maximum atomic E-state index is 12.9. The number of hydrogen-bond donors (Lipinski definition) is 1. The molecule has 1 aliphatic heterocycles. The molecule has 1 N–H and O–H groups in total. The first-order valence-electron chi connectivity index (χ1n) is 6.90. The number of halogens is 3. The Balaban J connectivity index is 1.85. The van der Waals surface area contributed by atoms with E-state index in [9.17, 15) is 18.3 Å². The Morgan fingerprint density at radius 3 is 2.86 bits per heavy atom. The average Bonchev–Trinajstić information content (AvgIpc) is 3.08. The molecule has 1 fully saturated rings. The number of aliphatic hydroxyl groups is 1. The average molecular weight is 328 g/mol. The van der Waals surface area contributed by atoms with Crippen molar-refractivity contribution in [2.75, 3.05) is 6.54 Å². The number of hydrogen-bond acceptors (Lipinski definition) is 4. The second-order valence-electron chi connectivity index (χ2n) is 5.43. The largest absolute Gasteiger partial charge is 0.416 e. The molecule has 0 bridgehead atoms. The Bertz CT molecular complexity index is 630. The van der Waals surface area contributed by atoms with Gasteiger partial charge in [-0.05, 0) is 24.1 Å². The summed E-state index contributed by atoms with van der Waals surface area (Å²) in [7, 11) is 0. The summed E-state index contributed by atoms with van der Waals surface area (Å²) in [4.78, 5) is 7.05. The van der Waals surface area contributed by atoms with Gasteiger partial charge in [-0.2, -0.15) is 13.2 Å². The van der Waals surface area contributed by atoms with Crippen molar-refractivity contribution >= 4 is 11.3 Å². The van der Waals surface area contributed by atoms with E-state index >= 15 is 0 Å². The van der Waals surface area contributed by atoms with Gasteiger partial charge in [0.15, 0.2) is 0 Å². The van der Waals surface area contributed by atoms with Gasteiger partial charge in [-0.3, -0.25) is 9.88 Å². The molecule has 3 nitrogen and oxygen atoms in total. The van der Waals surface area contributed by atoms with Gasteiger partial charge in [0.1, 0.15) is 0 Å². The molecule has 7 heteroatoms. The predicted octanol–water partition coefficient (Wildman–Crippen LogP) is 3.47. The minimum Gasteiger partial charge on any atom is -0.392 e. The van der Waals surface area contributed by atoms with Gasteiger partial charge in [0, 0.05) is 30.2 Å². The third kappa shape index (κ3) is 3.31. The first-order valence-corrected chi connectivity index (χ1v) is 7.78. The molecule has 118 valence electrons. The molecule has 1 aromatic heterocycles. The van der Waals surface area contributed by atoms with Crippen LogP contribution < -0.4 is 0 Å². The lowest BCUT2D eigenvalue weighted by Crippen LogP contribution is -2.24. The highest BCUT2D eigenvalue weighted by Crippen LogP contribution is 2.37. The molecule has 1 saturated heterocycles. The molecule has 2 heterocycles. The van der Waals surface area contributed by atoms with E-state index in [1.165, 1.54) is 23.5 Å². The molecule has 0 amide bonds. The summed E-state index contributed by atoms with van der Waals surface area (Å²) < 4.78 is 38.6. The zero-order chi connectivity index (χ0) is 15.7. The normalized spacial score (nSPS) is 23.1. The molecular weight excluding hydrogens is 313 g/mol. The summed E-state index contributed by atoms with van der Waals surface area (Å²) >= 11 is 1.50. The number of β-amino-alcohol motifs (C(OH)–C–C–N with tert-alkyl or cyclic N) is 1. The molecule has 3 rings (SSSR count). The Labute approximate surface area is 130 Å². The molecule has 2 unspecified atom stereocenters. The lowest BCUT2D eigenvalue weighted by atomic mass is 10.0. The van der Waals surface area contributed by atoms with E-state index in [1.54, 1.807) is 17.8 Å². The number of likely N-dealkylation sites (tertiary alicyclic amines) is 1. The first kappa shape index (κ1) is 15.5. The van der Waals surface area contributed by atoms with Crippen LogP contribution in [0.25, 0.3) is 0 Å². The molecule has 2 aromatic rings. The van der Waals surface area contributed by atoms with Gasteiger partial charge in [-0.1, -0.05) is 12.1 Å². The van der Waals surface area contributed by atoms with Crippen LogP contribution in [0.2, 0.25) is 0 Å². The number of nitrogens with zero attached hydrogens (tertiary/aromatic N) is 2. The lowest BCUT2D eigenvalue weighted by Gasteiger charge is -2.24. The van der Waals surface area contributed by atoms with Crippen molar-refractivity contribution in [2.24, 2.45) is 0 Å². The molecule has 0 spiro atoms. The molecular formula is C15H15F3N2OS. The summed E-state index contributed by atoms with van der Waals surface area (Å²) in [5.41, 5.74) is 1.67. The van der Waals surface area contributed by atoms with Crippen molar-refractivity contribution in [2.45, 2.75) is 31.3 Å². The van der Waals surface area contributed by atoms with Crippen LogP contribution in [-0.4, -0.2) is 27.6 Å². The van der Waals surface area contributed by atoms with Crippen molar-refractivity contribution in [3.8, 4) is 0 Å². The number of aliphatic hydroxyl groups excluding tert-OH is 1. The van der Waals surface area contributed by atoms with E-state index in [-0.39, 0.29) is 6.04 Å². The van der Waals surface area contributed by atoms with E-state index < -0.39 is 17.8 Å². The summed E-state index contributed by atoms with van der Waals surface area (Å²) in [6.07, 6.45) is -2.68. The van der Waals surface area contributed by atoms with E-state index in [4.69, 9.17) is 0 Å². The van der Waals surface area contributed by atoms with Crippen LogP contribution in [-0.2, 0) is 12.7 Å². The van der Waals surface area contributed by atoms with Crippen LogP contribution >= 0.6 is 11.3 Å². The summed E-state index contributed by atoms with van der Waals surface area (Å²) in [6.45, 7) is 1.04. The first-order chi connectivity index (χ1) is 10.4. The highest BCUT2D eigenvalue weighted by atomic mass is 32.1. The van der Waals surface area contributed by atoms with Crippen molar-refractivity contribution in [1.29, 1.82) is 0 Å². The third-order valence-electron chi connectivity index (χ3n) is 3.82. The van der Waals surface area contributed by atoms with Crippen molar-refractivity contribution in [1.82, 2.24) is 9.88 Å². The zero-order valence-electron chi connectivity index (χ0n) is 11.6. The summed E-state index contributed by atoms with van der Waals surface area (Å²) in [6, 6.07) is 5.16. The number of benzene rings is 1. The molecule has 0 saturated carbocycles. The fraction of sp³-hybridized carbons (Fsp3) is 0.400. The second kappa shape index (κ2) is 5.98. The van der Waals surface area contributed by atoms with Gasteiger partial charge in [0.25, 0.3) is 0 Å². The predicted molar refractivity (Wildman–Crippen MR) is 77.3 cm³/mol. The Hall–Kier alpha value is -1.44. The highest BCUT2D eigenvalue weighted by molar-refractivity contribution is 7.09. The van der Waals surface area contributed by atoms with Crippen LogP contribution in [0, 0.1) is 0 Å². The molecule has 1 aromatic carbocycles. The van der Waals surface area contributed by atoms with Gasteiger partial charge in [-0.15, -0.1) is 11.3 Å². The van der Waals surface area contributed by atoms with E-state index in [0.29, 0.717) is 25.1 Å². The standard InChI is InChI=1S/C15H15F3N2OS/c16-15(17,18)11-3-1-2-10(4-11)14-5-12(21)7-20(14)8-13-6-19-9-22-13/h1-4,6,9,12,14,21H,5,7-8H2. The number of rotatable bonds is 3. The SMILES string of the molecule is OC1CC(c2cccc(C(F)(F)F)c2)N(Cc2cncs2)C1. The minimum absolute atomic E-state index is 0.209. The van der Waals surface area contributed by atoms with Crippen molar-refractivity contribution in [3.63, 3.8) is 0 Å². The van der Waals surface area contributed by atoms with Gasteiger partial charge in [0.2, 0.25) is 0 Å². The number of alkyl halides is 3. The van der Waals surface area contributed by atoms with Crippen LogP contribution in [0.3, 0.4) is 0 Å². The molecule has 1 aliphatic rings. The number of aromatic nitrogens is 1. The fourth-order valence-corrected chi connectivity index (χ4v) is 3.46. The van der Waals surface area contributed by atoms with Crippen LogP contribution in [0.15, 0.2) is 36.0 Å². The van der Waals surface area contributed by atoms with Crippen molar-refractivity contribution < 1.29 is 18.3 Å². The zero-order valence-corrected chi connectivity index (χ0v) is 12.4. The third-order valence-corrected chi connectivity index (χ3v) is 4.59. The lowest BCUT2D eigenvalue weighted by molar-refractivity contribution is -0.137. The fourth-order valence-electron chi connectivity index (χ4n) is 2.84. The van der Waals surface area contributed by atoms with Crippen LogP contribution in [0.4, 0.5) is 13.2 Å². The number of thiazole rings is 1. The maximum absolute atomic E-state index is 12.9. The Morgan fingerprint density at radius 2 is 2.18 bits per heavy atom. The topological polar surface area (TPSA) is 36.4 Å². The van der Waals surface area contributed by atoms with E-state index in [2.05, 4.69) is 4.98 Å². The second-order valence-corrected chi connectivity index (χ2v) is 6.40. The molecule has 22 heavy (non-hydrogen) atoms. The molecule has 0 radical (unpaired) electrons. The van der Waals surface area contributed by atoms with Crippen molar-refractivity contribution in [3.05, 3.63) is 52.0 Å². The van der Waals surface area contributed by atoms with Crippen LogP contribution in [0.1, 0.15) is 28.5 Å². The van der Waals surface area contributed by atoms with E-state index in [0.717, 1.165) is 10.9 Å². The van der Waals surface area contributed by atoms with Crippen LogP contribution in [0.5, 0.6) is 0 Å². The Morgan fingerprint density at radius 1 is 1.36 bits per heavy atom. The van der Waals surface area contributed by atoms with Gasteiger partial charge in [-0.25, -0.2) is 0 Å². The quantitative estimate of drug-likeness (QED) is 0.937. The van der Waals surface area contributed by atoms with Gasteiger partial charge >= 0.3 is 6.18 Å². The van der Waals surface area contributed by atoms with Gasteiger partial charge in [0.05, 0.1) is 17.2 Å². The summed E-state index contributed by atoms with van der Waals surface area (Å²) in [5.74, 6) is 0. The highest BCUT2D eigenvalue weighted by Gasteiger charge is 2.35. The smallest absolute Gasteiger partial charge is 0.392 e. The summed E-state index contributed by atoms with van der Waals surface area (Å²) in [5, 5.41) is 9.91. The maximum Gasteiger partial charge on any atom is 0.416 e. The molecule has 0 aliphatic carbocycles. The Kier molecular flexibility index (Phi) is 4.20.